The van der Waals surface area contributed by atoms with Crippen molar-refractivity contribution in [3.8, 4) is 0 Å². The van der Waals surface area contributed by atoms with Crippen molar-refractivity contribution in [3.05, 3.63) is 50.7 Å². The number of aromatic nitrogens is 2. The molecule has 0 bridgehead atoms. The summed E-state index contributed by atoms with van der Waals surface area (Å²) in [5.41, 5.74) is 1.65. The van der Waals surface area contributed by atoms with E-state index in [1.807, 2.05) is 29.9 Å². The maximum absolute atomic E-state index is 11.9. The number of benzene rings is 1. The summed E-state index contributed by atoms with van der Waals surface area (Å²) in [6.45, 7) is 3.37. The molecule has 20 heavy (non-hydrogen) atoms. The van der Waals surface area contributed by atoms with Crippen LogP contribution in [0.1, 0.15) is 22.5 Å². The van der Waals surface area contributed by atoms with Gasteiger partial charge in [-0.2, -0.15) is 5.10 Å². The monoisotopic (exact) mass is 399 g/mol. The van der Waals surface area contributed by atoms with E-state index in [4.69, 9.17) is 0 Å². The SMILES string of the molecule is Cc1nn(CCCNC(=O)c2ccc(Br)cc2)cc1Br. The molecule has 0 aliphatic heterocycles. The molecule has 1 amide bonds. The van der Waals surface area contributed by atoms with Crippen molar-refractivity contribution in [1.29, 1.82) is 0 Å². The van der Waals surface area contributed by atoms with Crippen LogP contribution in [0.2, 0.25) is 0 Å². The molecular formula is C14H15Br2N3O. The number of hydrogen-bond donors (Lipinski definition) is 1. The first kappa shape index (κ1) is 15.3. The topological polar surface area (TPSA) is 46.9 Å². The van der Waals surface area contributed by atoms with Gasteiger partial charge in [-0.3, -0.25) is 9.48 Å². The lowest BCUT2D eigenvalue weighted by Gasteiger charge is -2.05. The van der Waals surface area contributed by atoms with Gasteiger partial charge in [0.25, 0.3) is 5.91 Å². The number of carbonyl (C=O) groups is 1. The molecule has 0 spiro atoms. The summed E-state index contributed by atoms with van der Waals surface area (Å²) in [5.74, 6) is -0.0460. The maximum atomic E-state index is 11.9. The predicted octanol–water partition coefficient (Wildman–Crippen LogP) is 3.54. The molecular weight excluding hydrogens is 386 g/mol. The van der Waals surface area contributed by atoms with Crippen LogP contribution in [-0.2, 0) is 6.54 Å². The first-order valence-electron chi connectivity index (χ1n) is 6.29. The third-order valence-electron chi connectivity index (χ3n) is 2.84. The molecule has 0 atom stereocenters. The lowest BCUT2D eigenvalue weighted by Crippen LogP contribution is -2.25. The van der Waals surface area contributed by atoms with Crippen molar-refractivity contribution in [2.75, 3.05) is 6.54 Å². The Morgan fingerprint density at radius 1 is 1.30 bits per heavy atom. The van der Waals surface area contributed by atoms with E-state index in [2.05, 4.69) is 42.3 Å². The average molecular weight is 401 g/mol. The number of nitrogens with zero attached hydrogens (tertiary/aromatic N) is 2. The lowest BCUT2D eigenvalue weighted by atomic mass is 10.2. The van der Waals surface area contributed by atoms with E-state index in [1.54, 1.807) is 12.1 Å². The highest BCUT2D eigenvalue weighted by molar-refractivity contribution is 9.10. The zero-order valence-corrected chi connectivity index (χ0v) is 14.2. The van der Waals surface area contributed by atoms with Crippen molar-refractivity contribution in [2.45, 2.75) is 19.9 Å². The number of aryl methyl sites for hydroxylation is 2. The van der Waals surface area contributed by atoms with Crippen molar-refractivity contribution < 1.29 is 4.79 Å². The lowest BCUT2D eigenvalue weighted by molar-refractivity contribution is 0.0952. The van der Waals surface area contributed by atoms with Gasteiger partial charge in [-0.15, -0.1) is 0 Å². The van der Waals surface area contributed by atoms with E-state index < -0.39 is 0 Å². The third-order valence-corrected chi connectivity index (χ3v) is 4.15. The summed E-state index contributed by atoms with van der Waals surface area (Å²) >= 11 is 6.77. The summed E-state index contributed by atoms with van der Waals surface area (Å²) in [6, 6.07) is 7.32. The number of halogens is 2. The second-order valence-electron chi connectivity index (χ2n) is 4.44. The Labute approximate surface area is 134 Å². The summed E-state index contributed by atoms with van der Waals surface area (Å²) < 4.78 is 3.86. The zero-order chi connectivity index (χ0) is 14.5. The van der Waals surface area contributed by atoms with E-state index in [9.17, 15) is 4.79 Å². The molecule has 6 heteroatoms. The van der Waals surface area contributed by atoms with Crippen LogP contribution in [0.15, 0.2) is 39.4 Å². The van der Waals surface area contributed by atoms with Gasteiger partial charge < -0.3 is 5.32 Å². The number of rotatable bonds is 5. The molecule has 0 saturated heterocycles. The van der Waals surface area contributed by atoms with Gasteiger partial charge in [-0.05, 0) is 53.5 Å². The zero-order valence-electron chi connectivity index (χ0n) is 11.1. The molecule has 4 nitrogen and oxygen atoms in total. The molecule has 2 aromatic rings. The van der Waals surface area contributed by atoms with E-state index in [0.717, 1.165) is 27.6 Å². The Morgan fingerprint density at radius 2 is 2.00 bits per heavy atom. The predicted molar refractivity (Wildman–Crippen MR) is 85.8 cm³/mol. The number of amides is 1. The second kappa shape index (κ2) is 7.04. The summed E-state index contributed by atoms with van der Waals surface area (Å²) in [5, 5.41) is 7.25. The molecule has 0 saturated carbocycles. The Kier molecular flexibility index (Phi) is 5.37. The smallest absolute Gasteiger partial charge is 0.251 e. The Balaban J connectivity index is 1.75. The highest BCUT2D eigenvalue weighted by Crippen LogP contribution is 2.13. The van der Waals surface area contributed by atoms with Crippen LogP contribution in [0.25, 0.3) is 0 Å². The quantitative estimate of drug-likeness (QED) is 0.780. The molecule has 1 aromatic heterocycles. The van der Waals surface area contributed by atoms with Crippen LogP contribution in [0, 0.1) is 6.92 Å². The molecule has 106 valence electrons. The van der Waals surface area contributed by atoms with Gasteiger partial charge in [0.15, 0.2) is 0 Å². The van der Waals surface area contributed by atoms with Crippen LogP contribution >= 0.6 is 31.9 Å². The first-order valence-corrected chi connectivity index (χ1v) is 7.88. The van der Waals surface area contributed by atoms with E-state index >= 15 is 0 Å². The fourth-order valence-electron chi connectivity index (χ4n) is 1.75. The molecule has 0 aliphatic rings. The normalized spacial score (nSPS) is 10.6. The van der Waals surface area contributed by atoms with E-state index in [-0.39, 0.29) is 5.91 Å². The van der Waals surface area contributed by atoms with Crippen molar-refractivity contribution in [3.63, 3.8) is 0 Å². The molecule has 0 fully saturated rings. The van der Waals surface area contributed by atoms with Gasteiger partial charge >= 0.3 is 0 Å². The van der Waals surface area contributed by atoms with Gasteiger partial charge in [-0.1, -0.05) is 15.9 Å². The van der Waals surface area contributed by atoms with Crippen LogP contribution < -0.4 is 5.32 Å². The number of hydrogen-bond acceptors (Lipinski definition) is 2. The van der Waals surface area contributed by atoms with E-state index in [1.165, 1.54) is 0 Å². The van der Waals surface area contributed by atoms with Crippen LogP contribution in [0.5, 0.6) is 0 Å². The standard InChI is InChI=1S/C14H15Br2N3O/c1-10-13(16)9-19(18-10)8-2-7-17-14(20)11-3-5-12(15)6-4-11/h3-6,9H,2,7-8H2,1H3,(H,17,20). The molecule has 1 aromatic carbocycles. The Bertz CT molecular complexity index is 573. The average Bonchev–Trinajstić information content (AvgIpc) is 2.74. The molecule has 0 radical (unpaired) electrons. The van der Waals surface area contributed by atoms with Crippen LogP contribution in [0.4, 0.5) is 0 Å². The molecule has 1 N–H and O–H groups in total. The van der Waals surface area contributed by atoms with Crippen molar-refractivity contribution >= 4 is 37.8 Å². The van der Waals surface area contributed by atoms with Gasteiger partial charge in [0.1, 0.15) is 0 Å². The van der Waals surface area contributed by atoms with Crippen LogP contribution in [-0.4, -0.2) is 22.2 Å². The minimum absolute atomic E-state index is 0.0460. The minimum atomic E-state index is -0.0460. The number of carbonyl (C=O) groups excluding carboxylic acids is 1. The highest BCUT2D eigenvalue weighted by Gasteiger charge is 2.05. The largest absolute Gasteiger partial charge is 0.352 e. The maximum Gasteiger partial charge on any atom is 0.251 e. The van der Waals surface area contributed by atoms with Gasteiger partial charge in [0.05, 0.1) is 10.2 Å². The van der Waals surface area contributed by atoms with Gasteiger partial charge in [0, 0.05) is 29.3 Å². The summed E-state index contributed by atoms with van der Waals surface area (Å²) in [6.07, 6.45) is 2.79. The van der Waals surface area contributed by atoms with Crippen molar-refractivity contribution in [1.82, 2.24) is 15.1 Å². The molecule has 0 aliphatic carbocycles. The molecule has 0 unspecified atom stereocenters. The summed E-state index contributed by atoms with van der Waals surface area (Å²) in [4.78, 5) is 11.9. The molecule has 2 rings (SSSR count). The van der Waals surface area contributed by atoms with Crippen molar-refractivity contribution in [2.24, 2.45) is 0 Å². The Morgan fingerprint density at radius 3 is 2.60 bits per heavy atom. The van der Waals surface area contributed by atoms with Crippen LogP contribution in [0.3, 0.4) is 0 Å². The molecule has 1 heterocycles. The number of nitrogens with one attached hydrogen (secondary N) is 1. The fourth-order valence-corrected chi connectivity index (χ4v) is 2.33. The summed E-state index contributed by atoms with van der Waals surface area (Å²) in [7, 11) is 0. The second-order valence-corrected chi connectivity index (χ2v) is 6.21. The van der Waals surface area contributed by atoms with E-state index in [0.29, 0.717) is 12.1 Å². The van der Waals surface area contributed by atoms with Gasteiger partial charge in [0.2, 0.25) is 0 Å². The Hall–Kier alpha value is -1.14. The fraction of sp³-hybridized carbons (Fsp3) is 0.286. The third kappa shape index (κ3) is 4.18. The highest BCUT2D eigenvalue weighted by atomic mass is 79.9. The van der Waals surface area contributed by atoms with Gasteiger partial charge in [-0.25, -0.2) is 0 Å². The first-order chi connectivity index (χ1) is 9.56. The minimum Gasteiger partial charge on any atom is -0.352 e.